The number of allylic oxidation sites excluding steroid dienone is 1. The predicted octanol–water partition coefficient (Wildman–Crippen LogP) is 3.36. The molecule has 182 valence electrons. The zero-order valence-electron chi connectivity index (χ0n) is 19.9. The second-order valence-corrected chi connectivity index (χ2v) is 9.48. The molecular weight excluding hydrogens is 430 g/mol. The highest BCUT2D eigenvalue weighted by Gasteiger charge is 2.33. The first-order valence-electron chi connectivity index (χ1n) is 12.4. The summed E-state index contributed by atoms with van der Waals surface area (Å²) in [7, 11) is 1.64. The number of carbonyl (C=O) groups excluding carboxylic acids is 2. The topological polar surface area (TPSA) is 100 Å². The molecule has 7 heteroatoms. The van der Waals surface area contributed by atoms with Crippen molar-refractivity contribution in [2.24, 2.45) is 21.8 Å². The van der Waals surface area contributed by atoms with Gasteiger partial charge in [0.2, 0.25) is 5.91 Å². The lowest BCUT2D eigenvalue weighted by Gasteiger charge is -2.23. The zero-order valence-corrected chi connectivity index (χ0v) is 19.9. The molecule has 0 spiro atoms. The highest BCUT2D eigenvalue weighted by atomic mass is 16.5. The van der Waals surface area contributed by atoms with Crippen LogP contribution in [0, 0.1) is 11.8 Å². The van der Waals surface area contributed by atoms with Crippen molar-refractivity contribution >= 4 is 23.4 Å². The number of aliphatic hydroxyl groups excluding tert-OH is 1. The van der Waals surface area contributed by atoms with Crippen LogP contribution in [0.2, 0.25) is 0 Å². The van der Waals surface area contributed by atoms with Crippen LogP contribution in [0.25, 0.3) is 0 Å². The van der Waals surface area contributed by atoms with Gasteiger partial charge in [-0.05, 0) is 61.6 Å². The van der Waals surface area contributed by atoms with E-state index in [2.05, 4.69) is 34.6 Å². The molecule has 7 nitrogen and oxygen atoms in total. The molecule has 3 atom stereocenters. The van der Waals surface area contributed by atoms with Crippen LogP contribution in [0.1, 0.15) is 62.0 Å². The summed E-state index contributed by atoms with van der Waals surface area (Å²) in [5.41, 5.74) is 2.61. The number of aliphatic imine (C=N–C) groups is 2. The number of nitrogens with zero attached hydrogens (tertiary/aromatic N) is 2. The molecule has 1 aromatic carbocycles. The van der Waals surface area contributed by atoms with E-state index in [1.54, 1.807) is 7.05 Å². The Labute approximate surface area is 201 Å². The van der Waals surface area contributed by atoms with Crippen LogP contribution < -0.4 is 5.32 Å². The molecule has 3 aliphatic rings. The van der Waals surface area contributed by atoms with Crippen LogP contribution in [0.4, 0.5) is 0 Å². The van der Waals surface area contributed by atoms with E-state index >= 15 is 0 Å². The number of aliphatic hydroxyl groups is 1. The highest BCUT2D eigenvalue weighted by Crippen LogP contribution is 2.40. The van der Waals surface area contributed by atoms with Gasteiger partial charge in [0.05, 0.1) is 5.92 Å². The molecule has 1 saturated carbocycles. The number of hydrogen-bond donors (Lipinski definition) is 2. The Bertz CT molecular complexity index is 963. The number of hydrogen-bond acceptors (Lipinski definition) is 5. The average Bonchev–Trinajstić information content (AvgIpc) is 3.69. The second-order valence-electron chi connectivity index (χ2n) is 9.48. The number of nitrogens with one attached hydrogen (secondary N) is 1. The molecule has 1 amide bonds. The maximum Gasteiger partial charge on any atom is 0.230 e. The monoisotopic (exact) mass is 465 g/mol. The van der Waals surface area contributed by atoms with Gasteiger partial charge in [-0.15, -0.1) is 0 Å². The van der Waals surface area contributed by atoms with Gasteiger partial charge in [-0.3, -0.25) is 14.6 Å². The van der Waals surface area contributed by atoms with Crippen LogP contribution in [0.15, 0.2) is 46.4 Å². The van der Waals surface area contributed by atoms with Gasteiger partial charge < -0.3 is 15.2 Å². The Balaban J connectivity index is 1.54. The van der Waals surface area contributed by atoms with Crippen molar-refractivity contribution in [3.05, 3.63) is 47.5 Å². The zero-order chi connectivity index (χ0) is 23.9. The normalized spacial score (nSPS) is 26.2. The van der Waals surface area contributed by atoms with E-state index < -0.39 is 5.92 Å². The van der Waals surface area contributed by atoms with Crippen LogP contribution in [0.5, 0.6) is 0 Å². The summed E-state index contributed by atoms with van der Waals surface area (Å²) in [6.45, 7) is 0.451. The lowest BCUT2D eigenvalue weighted by molar-refractivity contribution is -0.123. The molecule has 2 aliphatic carbocycles. The van der Waals surface area contributed by atoms with Crippen molar-refractivity contribution in [1.29, 1.82) is 0 Å². The third-order valence-corrected chi connectivity index (χ3v) is 6.78. The Morgan fingerprint density at radius 2 is 2.00 bits per heavy atom. The number of ether oxygens (including phenoxy) is 1. The maximum absolute atomic E-state index is 12.9. The van der Waals surface area contributed by atoms with Gasteiger partial charge in [0.25, 0.3) is 0 Å². The van der Waals surface area contributed by atoms with E-state index in [1.165, 1.54) is 24.0 Å². The van der Waals surface area contributed by atoms with Crippen molar-refractivity contribution in [3.63, 3.8) is 0 Å². The van der Waals surface area contributed by atoms with Crippen LogP contribution in [-0.4, -0.2) is 54.8 Å². The lowest BCUT2D eigenvalue weighted by Crippen LogP contribution is -2.35. The summed E-state index contributed by atoms with van der Waals surface area (Å²) in [4.78, 5) is 33.9. The molecule has 0 saturated heterocycles. The quantitative estimate of drug-likeness (QED) is 0.454. The fourth-order valence-electron chi connectivity index (χ4n) is 4.67. The minimum absolute atomic E-state index is 0.0100. The first-order chi connectivity index (χ1) is 16.6. The third kappa shape index (κ3) is 6.41. The third-order valence-electron chi connectivity index (χ3n) is 6.78. The Morgan fingerprint density at radius 3 is 2.68 bits per heavy atom. The summed E-state index contributed by atoms with van der Waals surface area (Å²) in [6.07, 6.45) is 9.38. The molecule has 1 heterocycles. The molecule has 1 aliphatic heterocycles. The summed E-state index contributed by atoms with van der Waals surface area (Å²) in [6, 6.07) is 8.82. The molecule has 1 aromatic rings. The van der Waals surface area contributed by atoms with E-state index in [4.69, 9.17) is 14.8 Å². The molecule has 34 heavy (non-hydrogen) atoms. The number of rotatable bonds is 8. The Hall–Kier alpha value is -2.80. The first-order valence-corrected chi connectivity index (χ1v) is 12.4. The van der Waals surface area contributed by atoms with Crippen LogP contribution in [-0.2, 0) is 20.7 Å². The number of carbonyl (C=O) groups is 2. The number of amidine groups is 1. The number of amides is 1. The number of Topliss-reactive ketones (excluding diaryl/α,β-unsaturated/α-hetero) is 1. The molecule has 0 bridgehead atoms. The van der Waals surface area contributed by atoms with Crippen molar-refractivity contribution in [1.82, 2.24) is 5.32 Å². The van der Waals surface area contributed by atoms with Crippen molar-refractivity contribution in [2.45, 2.75) is 63.4 Å². The Kier molecular flexibility index (Phi) is 8.27. The smallest absolute Gasteiger partial charge is 0.230 e. The largest absolute Gasteiger partial charge is 0.472 e. The minimum Gasteiger partial charge on any atom is -0.472 e. The summed E-state index contributed by atoms with van der Waals surface area (Å²) in [5, 5.41) is 11.9. The minimum atomic E-state index is -0.465. The summed E-state index contributed by atoms with van der Waals surface area (Å²) < 4.78 is 6.29. The van der Waals surface area contributed by atoms with Gasteiger partial charge in [-0.2, -0.15) is 0 Å². The molecule has 3 unspecified atom stereocenters. The Morgan fingerprint density at radius 1 is 1.21 bits per heavy atom. The van der Waals surface area contributed by atoms with Crippen LogP contribution in [0.3, 0.4) is 0 Å². The van der Waals surface area contributed by atoms with Crippen molar-refractivity contribution in [3.8, 4) is 0 Å². The summed E-state index contributed by atoms with van der Waals surface area (Å²) in [5.74, 6) is 1.28. The van der Waals surface area contributed by atoms with Gasteiger partial charge in [0.1, 0.15) is 17.7 Å². The van der Waals surface area contributed by atoms with Gasteiger partial charge in [-0.1, -0.05) is 30.3 Å². The molecule has 2 N–H and O–H groups in total. The first kappa shape index (κ1) is 24.3. The maximum atomic E-state index is 12.9. The van der Waals surface area contributed by atoms with Crippen molar-refractivity contribution in [2.75, 3.05) is 20.2 Å². The number of benzene rings is 1. The van der Waals surface area contributed by atoms with Gasteiger partial charge in [0, 0.05) is 39.0 Å². The van der Waals surface area contributed by atoms with Crippen LogP contribution >= 0.6 is 0 Å². The van der Waals surface area contributed by atoms with E-state index in [0.29, 0.717) is 44.0 Å². The lowest BCUT2D eigenvalue weighted by atomic mass is 9.90. The second kappa shape index (κ2) is 11.6. The van der Waals surface area contributed by atoms with Crippen molar-refractivity contribution < 1.29 is 19.4 Å². The molecule has 4 rings (SSSR count). The molecular formula is C27H35N3O4. The van der Waals surface area contributed by atoms with E-state index in [-0.39, 0.29) is 30.3 Å². The van der Waals surface area contributed by atoms with Gasteiger partial charge >= 0.3 is 0 Å². The van der Waals surface area contributed by atoms with Gasteiger partial charge in [-0.25, -0.2) is 4.99 Å². The molecule has 0 aromatic heterocycles. The van der Waals surface area contributed by atoms with Gasteiger partial charge in [0.15, 0.2) is 5.90 Å². The average molecular weight is 466 g/mol. The fourth-order valence-corrected chi connectivity index (χ4v) is 4.67. The SMILES string of the molecule is CN=C1N=C(OC2C=CCC(=O)C2)C(Cc2ccc(C3CC3)cc2)CCC1C(=O)NCCCO. The number of ketones is 1. The van der Waals surface area contributed by atoms with E-state index in [0.717, 1.165) is 18.8 Å². The standard InChI is InChI=1S/C27H35N3O4/c1-28-25-24(26(33)29-14-3-15-31)13-12-21(16-18-6-8-19(9-7-18)20-10-11-20)27(30-25)34-23-5-2-4-22(32)17-23/h2,5-9,20-21,23-24,31H,3-4,10-17H2,1H3,(H,29,33). The van der Waals surface area contributed by atoms with E-state index in [1.807, 2.05) is 12.2 Å². The fraction of sp³-hybridized carbons (Fsp3) is 0.556. The van der Waals surface area contributed by atoms with E-state index in [9.17, 15) is 9.59 Å². The highest BCUT2D eigenvalue weighted by molar-refractivity contribution is 6.08. The predicted molar refractivity (Wildman–Crippen MR) is 132 cm³/mol. The summed E-state index contributed by atoms with van der Waals surface area (Å²) >= 11 is 0. The molecule has 0 radical (unpaired) electrons. The molecule has 1 fully saturated rings.